The Labute approximate surface area is 125 Å². The highest BCUT2D eigenvalue weighted by atomic mass is 79.9. The highest BCUT2D eigenvalue weighted by molar-refractivity contribution is 9.10. The number of rotatable bonds is 5. The Kier molecular flexibility index (Phi) is 4.68. The predicted octanol–water partition coefficient (Wildman–Crippen LogP) is 2.37. The summed E-state index contributed by atoms with van der Waals surface area (Å²) in [6, 6.07) is 4.57. The topological polar surface area (TPSA) is 100 Å². The van der Waals surface area contributed by atoms with Crippen molar-refractivity contribution in [3.63, 3.8) is 0 Å². The van der Waals surface area contributed by atoms with Crippen LogP contribution in [0.4, 0.5) is 14.6 Å². The largest absolute Gasteiger partial charge is 0.456 e. The minimum Gasteiger partial charge on any atom is -0.456 e. The smallest absolute Gasteiger partial charge is 0.387 e. The molecule has 0 fully saturated rings. The Bertz CT molecular complexity index is 650. The normalized spacial score (nSPS) is 10.7. The lowest BCUT2D eigenvalue weighted by Gasteiger charge is -2.12. The summed E-state index contributed by atoms with van der Waals surface area (Å²) in [5, 5.41) is 6.49. The number of carbonyl (C=O) groups excluding carboxylic acids is 1. The van der Waals surface area contributed by atoms with Gasteiger partial charge >= 0.3 is 12.6 Å². The highest BCUT2D eigenvalue weighted by Crippen LogP contribution is 2.31. The maximum absolute atomic E-state index is 12.4. The standard InChI is InChI=1S/C11H8BrF2N3O4/c12-6-3-1-2-5(8(6)20-11(13)14)4-19-10(18)7-9(15)17-21-16-7/h1-3,11H,4H2,(H2,15,17). The molecule has 2 aromatic rings. The zero-order valence-corrected chi connectivity index (χ0v) is 11.8. The SMILES string of the molecule is Nc1nonc1C(=O)OCc1cccc(Br)c1OC(F)F. The maximum Gasteiger partial charge on any atom is 0.387 e. The van der Waals surface area contributed by atoms with Gasteiger partial charge < -0.3 is 15.2 Å². The molecule has 10 heteroatoms. The maximum atomic E-state index is 12.4. The summed E-state index contributed by atoms with van der Waals surface area (Å²) in [4.78, 5) is 11.7. The first kappa shape index (κ1) is 15.2. The third kappa shape index (κ3) is 3.66. The molecule has 0 saturated heterocycles. The van der Waals surface area contributed by atoms with Crippen LogP contribution in [0.5, 0.6) is 5.75 Å². The number of nitrogens with zero attached hydrogens (tertiary/aromatic N) is 2. The molecule has 0 aliphatic rings. The lowest BCUT2D eigenvalue weighted by atomic mass is 10.2. The van der Waals surface area contributed by atoms with Gasteiger partial charge in [-0.2, -0.15) is 8.78 Å². The first-order valence-corrected chi connectivity index (χ1v) is 6.25. The molecular formula is C11H8BrF2N3O4. The summed E-state index contributed by atoms with van der Waals surface area (Å²) < 4.78 is 38.6. The molecule has 0 bridgehead atoms. The van der Waals surface area contributed by atoms with E-state index in [4.69, 9.17) is 10.5 Å². The molecule has 112 valence electrons. The molecule has 7 nitrogen and oxygen atoms in total. The van der Waals surface area contributed by atoms with Crippen LogP contribution in [-0.2, 0) is 11.3 Å². The molecule has 2 N–H and O–H groups in total. The summed E-state index contributed by atoms with van der Waals surface area (Å²) in [6.07, 6.45) is 0. The Balaban J connectivity index is 2.11. The second-order valence-electron chi connectivity index (χ2n) is 3.68. The summed E-state index contributed by atoms with van der Waals surface area (Å²) in [5.41, 5.74) is 5.28. The molecule has 1 aromatic heterocycles. The lowest BCUT2D eigenvalue weighted by molar-refractivity contribution is -0.0515. The number of ether oxygens (including phenoxy) is 2. The number of nitrogens with two attached hydrogens (primary N) is 1. The summed E-state index contributed by atoms with van der Waals surface area (Å²) in [5.74, 6) is -1.23. The van der Waals surface area contributed by atoms with Gasteiger partial charge in [-0.15, -0.1) is 0 Å². The second-order valence-corrected chi connectivity index (χ2v) is 4.54. The van der Waals surface area contributed by atoms with Gasteiger partial charge in [0.2, 0.25) is 11.5 Å². The van der Waals surface area contributed by atoms with Crippen LogP contribution in [0.3, 0.4) is 0 Å². The number of aromatic nitrogens is 2. The fourth-order valence-corrected chi connectivity index (χ4v) is 1.94. The van der Waals surface area contributed by atoms with E-state index in [1.807, 2.05) is 0 Å². The molecule has 0 saturated carbocycles. The van der Waals surface area contributed by atoms with Crippen molar-refractivity contribution in [2.75, 3.05) is 5.73 Å². The third-order valence-corrected chi connectivity index (χ3v) is 2.95. The Hall–Kier alpha value is -2.23. The number of anilines is 1. The molecular weight excluding hydrogens is 356 g/mol. The van der Waals surface area contributed by atoms with Crippen LogP contribution in [0.2, 0.25) is 0 Å². The van der Waals surface area contributed by atoms with Gasteiger partial charge in [0, 0.05) is 5.56 Å². The summed E-state index contributed by atoms with van der Waals surface area (Å²) >= 11 is 3.08. The van der Waals surface area contributed by atoms with E-state index in [1.165, 1.54) is 12.1 Å². The summed E-state index contributed by atoms with van der Waals surface area (Å²) in [7, 11) is 0. The van der Waals surface area contributed by atoms with E-state index in [2.05, 4.69) is 35.6 Å². The van der Waals surface area contributed by atoms with Crippen molar-refractivity contribution < 1.29 is 27.7 Å². The molecule has 1 heterocycles. The van der Waals surface area contributed by atoms with Crippen LogP contribution < -0.4 is 10.5 Å². The van der Waals surface area contributed by atoms with E-state index in [0.717, 1.165) is 0 Å². The van der Waals surface area contributed by atoms with E-state index in [1.54, 1.807) is 6.07 Å². The predicted molar refractivity (Wildman–Crippen MR) is 68.6 cm³/mol. The number of hydrogen-bond donors (Lipinski definition) is 1. The van der Waals surface area contributed by atoms with Crippen molar-refractivity contribution >= 4 is 27.7 Å². The monoisotopic (exact) mass is 363 g/mol. The third-order valence-electron chi connectivity index (χ3n) is 2.32. The molecule has 21 heavy (non-hydrogen) atoms. The molecule has 1 aromatic carbocycles. The van der Waals surface area contributed by atoms with E-state index in [0.29, 0.717) is 4.47 Å². The molecule has 0 amide bonds. The van der Waals surface area contributed by atoms with Crippen molar-refractivity contribution in [2.45, 2.75) is 13.2 Å². The van der Waals surface area contributed by atoms with Gasteiger partial charge in [-0.1, -0.05) is 12.1 Å². The second kappa shape index (κ2) is 6.48. The van der Waals surface area contributed by atoms with E-state index >= 15 is 0 Å². The van der Waals surface area contributed by atoms with Gasteiger partial charge in [0.25, 0.3) is 0 Å². The number of esters is 1. The first-order chi connectivity index (χ1) is 9.99. The molecule has 0 aliphatic carbocycles. The number of carbonyl (C=O) groups is 1. The number of halogens is 3. The molecule has 2 rings (SSSR count). The van der Waals surface area contributed by atoms with Crippen LogP contribution in [0.1, 0.15) is 16.1 Å². The minimum atomic E-state index is -3.01. The average Bonchev–Trinajstić information content (AvgIpc) is 2.85. The Morgan fingerprint density at radius 2 is 2.19 bits per heavy atom. The zero-order chi connectivity index (χ0) is 15.4. The Morgan fingerprint density at radius 3 is 2.81 bits per heavy atom. The quantitative estimate of drug-likeness (QED) is 0.813. The van der Waals surface area contributed by atoms with Crippen LogP contribution in [0, 0.1) is 0 Å². The van der Waals surface area contributed by atoms with Crippen molar-refractivity contribution in [2.24, 2.45) is 0 Å². The number of hydrogen-bond acceptors (Lipinski definition) is 7. The van der Waals surface area contributed by atoms with Gasteiger partial charge in [-0.25, -0.2) is 9.42 Å². The van der Waals surface area contributed by atoms with Crippen LogP contribution >= 0.6 is 15.9 Å². The first-order valence-electron chi connectivity index (χ1n) is 5.46. The lowest BCUT2D eigenvalue weighted by Crippen LogP contribution is -2.10. The van der Waals surface area contributed by atoms with Crippen LogP contribution in [-0.4, -0.2) is 22.9 Å². The van der Waals surface area contributed by atoms with Crippen molar-refractivity contribution in [3.8, 4) is 5.75 Å². The van der Waals surface area contributed by atoms with Crippen molar-refractivity contribution in [1.82, 2.24) is 10.3 Å². The van der Waals surface area contributed by atoms with Gasteiger partial charge in [0.15, 0.2) is 0 Å². The fourth-order valence-electron chi connectivity index (χ4n) is 1.44. The van der Waals surface area contributed by atoms with Crippen LogP contribution in [0.25, 0.3) is 0 Å². The summed E-state index contributed by atoms with van der Waals surface area (Å²) in [6.45, 7) is -3.32. The zero-order valence-electron chi connectivity index (χ0n) is 10.3. The minimum absolute atomic E-state index is 0.119. The van der Waals surface area contributed by atoms with Crippen molar-refractivity contribution in [3.05, 3.63) is 33.9 Å². The van der Waals surface area contributed by atoms with Crippen LogP contribution in [0.15, 0.2) is 27.3 Å². The Morgan fingerprint density at radius 1 is 1.43 bits per heavy atom. The van der Waals surface area contributed by atoms with Gasteiger partial charge in [-0.05, 0) is 32.3 Å². The number of alkyl halides is 2. The number of para-hydroxylation sites is 1. The van der Waals surface area contributed by atoms with Gasteiger partial charge in [0.05, 0.1) is 4.47 Å². The molecule has 0 aliphatic heterocycles. The van der Waals surface area contributed by atoms with Gasteiger partial charge in [0.1, 0.15) is 12.4 Å². The molecule has 0 atom stereocenters. The fraction of sp³-hybridized carbons (Fsp3) is 0.182. The van der Waals surface area contributed by atoms with E-state index < -0.39 is 12.6 Å². The van der Waals surface area contributed by atoms with E-state index in [9.17, 15) is 13.6 Å². The molecule has 0 radical (unpaired) electrons. The average molecular weight is 364 g/mol. The number of nitrogen functional groups attached to an aromatic ring is 1. The van der Waals surface area contributed by atoms with Crippen molar-refractivity contribution in [1.29, 1.82) is 0 Å². The molecule has 0 spiro atoms. The molecule has 0 unspecified atom stereocenters. The van der Waals surface area contributed by atoms with Gasteiger partial charge in [-0.3, -0.25) is 0 Å². The number of benzene rings is 1. The highest BCUT2D eigenvalue weighted by Gasteiger charge is 2.19. The van der Waals surface area contributed by atoms with E-state index in [-0.39, 0.29) is 29.4 Å².